The maximum absolute atomic E-state index is 13.4. The van der Waals surface area contributed by atoms with E-state index in [0.717, 1.165) is 0 Å². The number of benzene rings is 1. The van der Waals surface area contributed by atoms with Crippen LogP contribution in [0, 0.1) is 0 Å². The van der Waals surface area contributed by atoms with Gasteiger partial charge >= 0.3 is 0 Å². The Hall–Kier alpha value is -2.94. The number of halogens is 1. The number of rotatable bonds is 7. The molecule has 1 aliphatic rings. The van der Waals surface area contributed by atoms with E-state index in [-0.39, 0.29) is 18.3 Å². The molecule has 32 heavy (non-hydrogen) atoms. The summed E-state index contributed by atoms with van der Waals surface area (Å²) in [6.07, 6.45) is 3.30. The molecule has 2 N–H and O–H groups in total. The first kappa shape index (κ1) is 22.3. The van der Waals surface area contributed by atoms with Crippen LogP contribution in [0.25, 0.3) is 11.0 Å². The van der Waals surface area contributed by atoms with E-state index in [1.165, 1.54) is 0 Å². The lowest BCUT2D eigenvalue weighted by atomic mass is 9.94. The minimum absolute atomic E-state index is 0.107. The first-order chi connectivity index (χ1) is 15.3. The average Bonchev–Trinajstić information content (AvgIpc) is 3.19. The molecule has 3 heterocycles. The maximum atomic E-state index is 13.4. The highest BCUT2D eigenvalue weighted by Gasteiger charge is 2.44. The van der Waals surface area contributed by atoms with Crippen LogP contribution in [0.4, 0.5) is 11.4 Å². The fraction of sp³-hybridized carbons (Fsp3) is 0.348. The highest BCUT2D eigenvalue weighted by Crippen LogP contribution is 2.41. The number of hydrogen-bond donors (Lipinski definition) is 2. The number of aromatic amines is 1. The molecule has 0 radical (unpaired) electrons. The second kappa shape index (κ2) is 8.54. The predicted molar refractivity (Wildman–Crippen MR) is 126 cm³/mol. The van der Waals surface area contributed by atoms with E-state index in [1.807, 2.05) is 19.0 Å². The largest absolute Gasteiger partial charge is 0.382 e. The van der Waals surface area contributed by atoms with Gasteiger partial charge in [0.15, 0.2) is 5.78 Å². The normalized spacial score (nSPS) is 18.2. The van der Waals surface area contributed by atoms with Gasteiger partial charge in [0.2, 0.25) is 0 Å². The van der Waals surface area contributed by atoms with Crippen LogP contribution in [0.15, 0.2) is 36.7 Å². The number of likely N-dealkylation sites (N-methyl/N-ethyl adjacent to an activating group) is 1. The number of carbonyl (C=O) groups is 2. The third-order valence-electron chi connectivity index (χ3n) is 5.66. The van der Waals surface area contributed by atoms with E-state index < -0.39 is 5.54 Å². The van der Waals surface area contributed by atoms with Crippen molar-refractivity contribution in [3.05, 3.63) is 52.8 Å². The number of amides is 1. The number of nitrogens with one attached hydrogen (secondary N) is 2. The van der Waals surface area contributed by atoms with E-state index >= 15 is 0 Å². The van der Waals surface area contributed by atoms with Crippen molar-refractivity contribution in [1.29, 1.82) is 0 Å². The molecule has 0 bridgehead atoms. The van der Waals surface area contributed by atoms with E-state index in [0.29, 0.717) is 51.6 Å². The van der Waals surface area contributed by atoms with Gasteiger partial charge < -0.3 is 24.8 Å². The van der Waals surface area contributed by atoms with Crippen LogP contribution in [0.1, 0.15) is 22.8 Å². The maximum Gasteiger partial charge on any atom is 0.254 e. The Labute approximate surface area is 191 Å². The number of H-pyrrole nitrogens is 1. The van der Waals surface area contributed by atoms with Gasteiger partial charge in [-0.3, -0.25) is 9.59 Å². The van der Waals surface area contributed by atoms with E-state index in [4.69, 9.17) is 16.3 Å². The van der Waals surface area contributed by atoms with Crippen molar-refractivity contribution in [2.45, 2.75) is 12.5 Å². The molecular formula is C23H26ClN5O3. The summed E-state index contributed by atoms with van der Waals surface area (Å²) in [6.45, 7) is 3.13. The van der Waals surface area contributed by atoms with Gasteiger partial charge in [0.1, 0.15) is 11.2 Å². The number of anilines is 2. The standard InChI is InChI=1S/C23H26ClN5O3/c1-23(13-32-4)22(31)29(10-9-28(2)3)17-12-26-21-18(19(17)27-23)15(11-25-21)20(30)14-7-5-6-8-16(14)24/h5-8,11-12,27H,9-10,13H2,1-4H3,(H,25,26)/t23-/m0/s1. The number of methoxy groups -OCH3 is 1. The highest BCUT2D eigenvalue weighted by atomic mass is 35.5. The molecule has 2 aromatic heterocycles. The average molecular weight is 456 g/mol. The molecule has 0 saturated heterocycles. The zero-order chi connectivity index (χ0) is 23.0. The van der Waals surface area contributed by atoms with Crippen LogP contribution >= 0.6 is 11.6 Å². The van der Waals surface area contributed by atoms with Crippen molar-refractivity contribution in [2.75, 3.05) is 51.1 Å². The molecule has 168 valence electrons. The first-order valence-electron chi connectivity index (χ1n) is 10.3. The van der Waals surface area contributed by atoms with Crippen molar-refractivity contribution >= 4 is 45.7 Å². The van der Waals surface area contributed by atoms with Gasteiger partial charge in [-0.05, 0) is 33.2 Å². The summed E-state index contributed by atoms with van der Waals surface area (Å²) in [7, 11) is 5.47. The Morgan fingerprint density at radius 3 is 2.72 bits per heavy atom. The third kappa shape index (κ3) is 3.74. The molecule has 9 heteroatoms. The first-order valence-corrected chi connectivity index (χ1v) is 10.7. The van der Waals surface area contributed by atoms with Crippen molar-refractivity contribution < 1.29 is 14.3 Å². The lowest BCUT2D eigenvalue weighted by Crippen LogP contribution is -2.59. The Bertz CT molecular complexity index is 1190. The summed E-state index contributed by atoms with van der Waals surface area (Å²) in [4.78, 5) is 38.1. The zero-order valence-electron chi connectivity index (χ0n) is 18.5. The summed E-state index contributed by atoms with van der Waals surface area (Å²) in [5, 5.41) is 4.36. The smallest absolute Gasteiger partial charge is 0.254 e. The molecule has 8 nitrogen and oxygen atoms in total. The second-order valence-electron chi connectivity index (χ2n) is 8.40. The zero-order valence-corrected chi connectivity index (χ0v) is 19.3. The van der Waals surface area contributed by atoms with Gasteiger partial charge in [0, 0.05) is 32.0 Å². The summed E-state index contributed by atoms with van der Waals surface area (Å²) < 4.78 is 5.37. The predicted octanol–water partition coefficient (Wildman–Crippen LogP) is 3.17. The highest BCUT2D eigenvalue weighted by molar-refractivity contribution is 6.36. The second-order valence-corrected chi connectivity index (χ2v) is 8.81. The van der Waals surface area contributed by atoms with Crippen LogP contribution in [-0.4, -0.2) is 73.0 Å². The van der Waals surface area contributed by atoms with E-state index in [1.54, 1.807) is 55.6 Å². The molecule has 0 spiro atoms. The lowest BCUT2D eigenvalue weighted by Gasteiger charge is -2.42. The van der Waals surface area contributed by atoms with Crippen LogP contribution < -0.4 is 10.2 Å². The summed E-state index contributed by atoms with van der Waals surface area (Å²) in [5.74, 6) is -0.326. The van der Waals surface area contributed by atoms with Crippen LogP contribution in [0.5, 0.6) is 0 Å². The third-order valence-corrected chi connectivity index (χ3v) is 5.99. The van der Waals surface area contributed by atoms with Crippen LogP contribution in [-0.2, 0) is 9.53 Å². The van der Waals surface area contributed by atoms with Gasteiger partial charge in [-0.25, -0.2) is 4.98 Å². The molecule has 0 unspecified atom stereocenters. The number of hydrogen-bond acceptors (Lipinski definition) is 6. The molecule has 4 rings (SSSR count). The fourth-order valence-corrected chi connectivity index (χ4v) is 4.25. The number of fused-ring (bicyclic) bond motifs is 3. The number of pyridine rings is 1. The van der Waals surface area contributed by atoms with Crippen LogP contribution in [0.3, 0.4) is 0 Å². The minimum atomic E-state index is -0.996. The Morgan fingerprint density at radius 1 is 1.28 bits per heavy atom. The van der Waals surface area contributed by atoms with E-state index in [9.17, 15) is 9.59 Å². The Morgan fingerprint density at radius 2 is 2.03 bits per heavy atom. The number of aromatic nitrogens is 2. The lowest BCUT2D eigenvalue weighted by molar-refractivity contribution is -0.124. The molecule has 1 aromatic carbocycles. The van der Waals surface area contributed by atoms with Crippen molar-refractivity contribution in [3.8, 4) is 0 Å². The SMILES string of the molecule is COC[C@]1(C)Nc2c(cnc3[nH]cc(C(=O)c4ccccc4Cl)c23)N(CCN(C)C)C1=O. The quantitative estimate of drug-likeness (QED) is 0.532. The number of ketones is 1. The van der Waals surface area contributed by atoms with Crippen molar-refractivity contribution in [3.63, 3.8) is 0 Å². The summed E-state index contributed by atoms with van der Waals surface area (Å²) in [5.41, 5.74) is 1.70. The Kier molecular flexibility index (Phi) is 5.94. The topological polar surface area (TPSA) is 90.6 Å². The molecule has 3 aromatic rings. The van der Waals surface area contributed by atoms with Gasteiger partial charge in [-0.15, -0.1) is 0 Å². The van der Waals surface area contributed by atoms with Gasteiger partial charge in [0.25, 0.3) is 5.91 Å². The molecule has 0 saturated carbocycles. The Balaban J connectivity index is 1.90. The number of ether oxygens (including phenoxy) is 1. The van der Waals surface area contributed by atoms with Crippen molar-refractivity contribution in [1.82, 2.24) is 14.9 Å². The number of nitrogens with zero attached hydrogens (tertiary/aromatic N) is 3. The fourth-order valence-electron chi connectivity index (χ4n) is 4.03. The molecule has 1 amide bonds. The monoisotopic (exact) mass is 455 g/mol. The molecule has 1 aliphatic heterocycles. The summed E-state index contributed by atoms with van der Waals surface area (Å²) in [6, 6.07) is 6.94. The molecule has 0 fully saturated rings. The molecular weight excluding hydrogens is 430 g/mol. The summed E-state index contributed by atoms with van der Waals surface area (Å²) >= 11 is 6.29. The van der Waals surface area contributed by atoms with Gasteiger partial charge in [0.05, 0.1) is 40.2 Å². The van der Waals surface area contributed by atoms with E-state index in [2.05, 4.69) is 15.3 Å². The number of carbonyl (C=O) groups excluding carboxylic acids is 2. The van der Waals surface area contributed by atoms with Crippen LogP contribution in [0.2, 0.25) is 5.02 Å². The minimum Gasteiger partial charge on any atom is -0.382 e. The van der Waals surface area contributed by atoms with Gasteiger partial charge in [-0.2, -0.15) is 0 Å². The van der Waals surface area contributed by atoms with Gasteiger partial charge in [-0.1, -0.05) is 23.7 Å². The molecule has 0 aliphatic carbocycles. The molecule has 1 atom stereocenters. The van der Waals surface area contributed by atoms with Crippen molar-refractivity contribution in [2.24, 2.45) is 0 Å².